The van der Waals surface area contributed by atoms with E-state index in [2.05, 4.69) is 70.7 Å². The quantitative estimate of drug-likeness (QED) is 0.464. The van der Waals surface area contributed by atoms with Gasteiger partial charge >= 0.3 is 0 Å². The molecule has 0 amide bonds. The maximum atomic E-state index is 6.38. The van der Waals surface area contributed by atoms with Gasteiger partial charge < -0.3 is 4.74 Å². The lowest BCUT2D eigenvalue weighted by molar-refractivity contribution is -0.0190. The molecule has 0 saturated heterocycles. The number of hydrogen-bond acceptors (Lipinski definition) is 4. The molecule has 3 aromatic carbocycles. The van der Waals surface area contributed by atoms with Crippen molar-refractivity contribution in [3.05, 3.63) is 108 Å². The Bertz CT molecular complexity index is 1240. The van der Waals surface area contributed by atoms with Gasteiger partial charge in [-0.2, -0.15) is 5.10 Å². The van der Waals surface area contributed by atoms with Crippen LogP contribution >= 0.6 is 0 Å². The molecule has 140 valence electrons. The molecule has 0 unspecified atom stereocenters. The fraction of sp³-hybridized carbons (Fsp3) is 0.120. The molecule has 0 bridgehead atoms. The largest absolute Gasteiger partial charge is 0.464 e. The first-order chi connectivity index (χ1) is 14.4. The Kier molecular flexibility index (Phi) is 3.63. The van der Waals surface area contributed by atoms with Gasteiger partial charge in [-0.05, 0) is 40.6 Å². The van der Waals surface area contributed by atoms with E-state index in [1.54, 1.807) is 12.4 Å². The fourth-order valence-corrected chi connectivity index (χ4v) is 4.33. The van der Waals surface area contributed by atoms with Crippen molar-refractivity contribution < 1.29 is 4.74 Å². The van der Waals surface area contributed by atoms with Crippen LogP contribution in [0.15, 0.2) is 96.4 Å². The lowest BCUT2D eigenvalue weighted by Crippen LogP contribution is -2.33. The summed E-state index contributed by atoms with van der Waals surface area (Å²) >= 11 is 0. The number of hydrazone groups is 1. The third kappa shape index (κ3) is 2.68. The molecule has 3 heterocycles. The zero-order chi connectivity index (χ0) is 19.2. The lowest BCUT2D eigenvalue weighted by atomic mass is 9.95. The zero-order valence-corrected chi connectivity index (χ0v) is 15.8. The Morgan fingerprint density at radius 1 is 0.828 bits per heavy atom. The molecular weight excluding hydrogens is 358 g/mol. The summed E-state index contributed by atoms with van der Waals surface area (Å²) in [6, 6.07) is 27.5. The molecule has 0 spiro atoms. The van der Waals surface area contributed by atoms with Crippen LogP contribution in [-0.4, -0.2) is 15.7 Å². The van der Waals surface area contributed by atoms with E-state index in [1.165, 1.54) is 21.9 Å². The van der Waals surface area contributed by atoms with Crippen LogP contribution in [0.2, 0.25) is 0 Å². The van der Waals surface area contributed by atoms with Crippen LogP contribution in [0.1, 0.15) is 35.4 Å². The molecule has 29 heavy (non-hydrogen) atoms. The average Bonchev–Trinajstić information content (AvgIpc) is 3.25. The number of aromatic nitrogens is 1. The smallest absolute Gasteiger partial charge is 0.213 e. The number of pyridine rings is 1. The Balaban J connectivity index is 1.45. The normalized spacial score (nSPS) is 20.0. The predicted octanol–water partition coefficient (Wildman–Crippen LogP) is 5.48. The van der Waals surface area contributed by atoms with Gasteiger partial charge in [-0.1, -0.05) is 54.6 Å². The van der Waals surface area contributed by atoms with E-state index in [4.69, 9.17) is 9.84 Å². The molecule has 1 aromatic heterocycles. The fourth-order valence-electron chi connectivity index (χ4n) is 4.33. The van der Waals surface area contributed by atoms with Crippen molar-refractivity contribution >= 4 is 16.5 Å². The summed E-state index contributed by atoms with van der Waals surface area (Å²) in [5, 5.41) is 9.64. The summed E-state index contributed by atoms with van der Waals surface area (Å²) < 4.78 is 6.38. The van der Waals surface area contributed by atoms with Crippen molar-refractivity contribution in [1.82, 2.24) is 9.99 Å². The number of hydrogen-bond donors (Lipinski definition) is 0. The molecule has 2 aliphatic heterocycles. The lowest BCUT2D eigenvalue weighted by Gasteiger charge is -2.38. The number of para-hydroxylation sites is 1. The molecule has 0 fully saturated rings. The Labute approximate surface area is 169 Å². The molecule has 0 N–H and O–H groups in total. The Hall–Kier alpha value is -3.66. The van der Waals surface area contributed by atoms with Crippen LogP contribution in [0.3, 0.4) is 0 Å². The van der Waals surface area contributed by atoms with E-state index >= 15 is 0 Å². The summed E-state index contributed by atoms with van der Waals surface area (Å²) in [6.45, 7) is 0. The van der Waals surface area contributed by atoms with Gasteiger partial charge in [-0.3, -0.25) is 4.98 Å². The third-order valence-electron chi connectivity index (χ3n) is 5.77. The number of benzene rings is 3. The van der Waals surface area contributed by atoms with Gasteiger partial charge in [0.1, 0.15) is 5.75 Å². The molecule has 4 heteroatoms. The molecule has 4 aromatic rings. The zero-order valence-electron chi connectivity index (χ0n) is 15.8. The summed E-state index contributed by atoms with van der Waals surface area (Å²) in [6.07, 6.45) is 4.22. The van der Waals surface area contributed by atoms with E-state index in [0.29, 0.717) is 0 Å². The van der Waals surface area contributed by atoms with E-state index in [-0.39, 0.29) is 12.3 Å². The van der Waals surface area contributed by atoms with Gasteiger partial charge in [0.2, 0.25) is 6.23 Å². The second-order valence-corrected chi connectivity index (χ2v) is 7.50. The third-order valence-corrected chi connectivity index (χ3v) is 5.77. The summed E-state index contributed by atoms with van der Waals surface area (Å²) in [4.78, 5) is 4.15. The molecular formula is C25H19N3O. The van der Waals surface area contributed by atoms with Crippen molar-refractivity contribution in [2.75, 3.05) is 0 Å². The highest BCUT2D eigenvalue weighted by molar-refractivity contribution is 6.04. The van der Waals surface area contributed by atoms with Gasteiger partial charge in [0.15, 0.2) is 0 Å². The summed E-state index contributed by atoms with van der Waals surface area (Å²) in [7, 11) is 0. The van der Waals surface area contributed by atoms with E-state index in [0.717, 1.165) is 23.4 Å². The Morgan fingerprint density at radius 2 is 1.62 bits per heavy atom. The van der Waals surface area contributed by atoms with Crippen LogP contribution in [-0.2, 0) is 0 Å². The minimum atomic E-state index is -0.254. The number of nitrogens with zero attached hydrogens (tertiary/aromatic N) is 3. The Morgan fingerprint density at radius 3 is 2.52 bits per heavy atom. The van der Waals surface area contributed by atoms with E-state index in [1.807, 2.05) is 18.2 Å². The van der Waals surface area contributed by atoms with Gasteiger partial charge in [0, 0.05) is 29.9 Å². The summed E-state index contributed by atoms with van der Waals surface area (Å²) in [5.74, 6) is 0.936. The van der Waals surface area contributed by atoms with Crippen LogP contribution in [0.25, 0.3) is 10.8 Å². The first-order valence-corrected chi connectivity index (χ1v) is 9.87. The molecule has 2 aliphatic rings. The SMILES string of the molecule is c1ccc2c(c1)O[C@@H](c1ccncc1)N1N=C(c3ccc4ccccc4c3)C[C@H]21. The first kappa shape index (κ1) is 16.3. The van der Waals surface area contributed by atoms with Crippen LogP contribution < -0.4 is 4.74 Å². The van der Waals surface area contributed by atoms with Crippen molar-refractivity contribution in [2.45, 2.75) is 18.7 Å². The molecule has 0 aliphatic carbocycles. The van der Waals surface area contributed by atoms with Gasteiger partial charge in [-0.15, -0.1) is 0 Å². The molecule has 6 rings (SSSR count). The van der Waals surface area contributed by atoms with Crippen LogP contribution in [0.4, 0.5) is 0 Å². The predicted molar refractivity (Wildman–Crippen MR) is 114 cm³/mol. The highest BCUT2D eigenvalue weighted by atomic mass is 16.5. The molecule has 4 nitrogen and oxygen atoms in total. The summed E-state index contributed by atoms with van der Waals surface area (Å²) in [5.41, 5.74) is 4.52. The van der Waals surface area contributed by atoms with Gasteiger partial charge in [-0.25, -0.2) is 5.01 Å². The van der Waals surface area contributed by atoms with Crippen molar-refractivity contribution in [3.8, 4) is 5.75 Å². The molecule has 0 saturated carbocycles. The van der Waals surface area contributed by atoms with E-state index in [9.17, 15) is 0 Å². The highest BCUT2D eigenvalue weighted by Gasteiger charge is 2.40. The maximum absolute atomic E-state index is 6.38. The minimum Gasteiger partial charge on any atom is -0.464 e. The van der Waals surface area contributed by atoms with Gasteiger partial charge in [0.25, 0.3) is 0 Å². The second kappa shape index (κ2) is 6.45. The topological polar surface area (TPSA) is 37.7 Å². The average molecular weight is 377 g/mol. The number of fused-ring (bicyclic) bond motifs is 4. The van der Waals surface area contributed by atoms with Crippen molar-refractivity contribution in [1.29, 1.82) is 0 Å². The van der Waals surface area contributed by atoms with Crippen LogP contribution in [0.5, 0.6) is 5.75 Å². The van der Waals surface area contributed by atoms with Crippen molar-refractivity contribution in [2.24, 2.45) is 5.10 Å². The molecule has 0 radical (unpaired) electrons. The molecule has 2 atom stereocenters. The second-order valence-electron chi connectivity index (χ2n) is 7.50. The number of ether oxygens (including phenoxy) is 1. The number of rotatable bonds is 2. The highest BCUT2D eigenvalue weighted by Crippen LogP contribution is 2.47. The maximum Gasteiger partial charge on any atom is 0.213 e. The monoisotopic (exact) mass is 377 g/mol. The van der Waals surface area contributed by atoms with Crippen molar-refractivity contribution in [3.63, 3.8) is 0 Å². The standard InChI is InChI=1S/C25H19N3O/c1-2-6-19-15-20(10-9-17(19)5-1)22-16-23-21-7-3-4-8-24(21)29-25(28(23)27-22)18-11-13-26-14-12-18/h1-15,23,25H,16H2/t23-,25+/m1/s1. The first-order valence-electron chi connectivity index (χ1n) is 9.87. The van der Waals surface area contributed by atoms with E-state index < -0.39 is 0 Å². The minimum absolute atomic E-state index is 0.166. The van der Waals surface area contributed by atoms with Crippen LogP contribution in [0, 0.1) is 0 Å². The van der Waals surface area contributed by atoms with Gasteiger partial charge in [0.05, 0.1) is 11.8 Å².